The van der Waals surface area contributed by atoms with Crippen LogP contribution < -0.4 is 0 Å². The molecule has 0 saturated heterocycles. The molecule has 1 unspecified atom stereocenters. The summed E-state index contributed by atoms with van der Waals surface area (Å²) in [5.74, 6) is -0.601. The van der Waals surface area contributed by atoms with Crippen LogP contribution in [0.15, 0.2) is 36.5 Å². The van der Waals surface area contributed by atoms with Gasteiger partial charge in [0.2, 0.25) is 0 Å². The summed E-state index contributed by atoms with van der Waals surface area (Å²) >= 11 is 0. The molecule has 0 fully saturated rings. The molecule has 0 bridgehead atoms. The molecule has 0 aromatic heterocycles. The standard InChI is InChI=1S/C48H88O5/c1-3-5-7-9-11-13-15-17-19-21-22-23-24-25-26-27-29-30-32-34-36-38-40-42-47(50)52-45-46(44-49)53-48(51)43-41-39-37-35-33-31-28-20-18-16-14-12-10-8-6-4-2/h14,16,20-22,28,46,49H,3-13,15,17-19,23-27,29-45H2,1-2H3/b16-14-,22-21-,28-20-. The molecule has 53 heavy (non-hydrogen) atoms. The van der Waals surface area contributed by atoms with Crippen LogP contribution in [0.25, 0.3) is 0 Å². The number of carbonyl (C=O) groups is 2. The Morgan fingerprint density at radius 3 is 1.15 bits per heavy atom. The highest BCUT2D eigenvalue weighted by atomic mass is 16.6. The predicted octanol–water partition coefficient (Wildman–Crippen LogP) is 14.8. The molecule has 310 valence electrons. The van der Waals surface area contributed by atoms with E-state index in [4.69, 9.17) is 9.47 Å². The fourth-order valence-corrected chi connectivity index (χ4v) is 6.64. The molecule has 0 saturated carbocycles. The zero-order valence-corrected chi connectivity index (χ0v) is 35.3. The van der Waals surface area contributed by atoms with E-state index in [2.05, 4.69) is 50.3 Å². The summed E-state index contributed by atoms with van der Waals surface area (Å²) in [7, 11) is 0. The average molecular weight is 745 g/mol. The van der Waals surface area contributed by atoms with E-state index in [1.54, 1.807) is 0 Å². The van der Waals surface area contributed by atoms with Crippen molar-refractivity contribution in [3.8, 4) is 0 Å². The van der Waals surface area contributed by atoms with Crippen molar-refractivity contribution in [2.45, 2.75) is 245 Å². The van der Waals surface area contributed by atoms with E-state index < -0.39 is 6.10 Å². The third-order valence-electron chi connectivity index (χ3n) is 10.2. The van der Waals surface area contributed by atoms with Crippen LogP contribution in [0.4, 0.5) is 0 Å². The first-order chi connectivity index (χ1) is 26.1. The zero-order chi connectivity index (χ0) is 38.6. The molecule has 5 nitrogen and oxygen atoms in total. The molecule has 0 aromatic carbocycles. The summed E-state index contributed by atoms with van der Waals surface area (Å²) in [6, 6.07) is 0. The molecule has 0 aliphatic heterocycles. The summed E-state index contributed by atoms with van der Waals surface area (Å²) in [5.41, 5.74) is 0. The minimum atomic E-state index is -0.777. The van der Waals surface area contributed by atoms with Gasteiger partial charge >= 0.3 is 11.9 Å². The minimum absolute atomic E-state index is 0.0700. The van der Waals surface area contributed by atoms with Crippen LogP contribution in [-0.2, 0) is 19.1 Å². The Kier molecular flexibility index (Phi) is 42.9. The summed E-state index contributed by atoms with van der Waals surface area (Å²) in [6.07, 6.45) is 55.1. The summed E-state index contributed by atoms with van der Waals surface area (Å²) in [4.78, 5) is 24.3. The molecule has 0 amide bonds. The molecule has 0 radical (unpaired) electrons. The van der Waals surface area contributed by atoms with Gasteiger partial charge in [-0.05, 0) is 70.6 Å². The first kappa shape index (κ1) is 51.1. The zero-order valence-electron chi connectivity index (χ0n) is 35.3. The van der Waals surface area contributed by atoms with Gasteiger partial charge < -0.3 is 14.6 Å². The molecule has 0 aliphatic rings. The Morgan fingerprint density at radius 2 is 0.755 bits per heavy atom. The fraction of sp³-hybridized carbons (Fsp3) is 0.833. The number of hydrogen-bond donors (Lipinski definition) is 1. The van der Waals surface area contributed by atoms with Crippen LogP contribution in [0.3, 0.4) is 0 Å². The van der Waals surface area contributed by atoms with Crippen LogP contribution in [0.2, 0.25) is 0 Å². The first-order valence-corrected chi connectivity index (χ1v) is 23.0. The average Bonchev–Trinajstić information content (AvgIpc) is 3.16. The van der Waals surface area contributed by atoms with Crippen molar-refractivity contribution in [1.29, 1.82) is 0 Å². The van der Waals surface area contributed by atoms with Crippen molar-refractivity contribution in [2.24, 2.45) is 0 Å². The Bertz CT molecular complexity index is 847. The maximum atomic E-state index is 12.2. The smallest absolute Gasteiger partial charge is 0.306 e. The number of rotatable bonds is 42. The van der Waals surface area contributed by atoms with Gasteiger partial charge in [0.25, 0.3) is 0 Å². The maximum Gasteiger partial charge on any atom is 0.306 e. The Balaban J connectivity index is 3.51. The van der Waals surface area contributed by atoms with Crippen LogP contribution in [-0.4, -0.2) is 36.4 Å². The molecule has 0 rings (SSSR count). The highest BCUT2D eigenvalue weighted by Crippen LogP contribution is 2.15. The lowest BCUT2D eigenvalue weighted by atomic mass is 10.0. The Labute approximate surface area is 329 Å². The molecule has 1 N–H and O–H groups in total. The summed E-state index contributed by atoms with van der Waals surface area (Å²) < 4.78 is 10.6. The quantitative estimate of drug-likeness (QED) is 0.0383. The second-order valence-electron chi connectivity index (χ2n) is 15.5. The van der Waals surface area contributed by atoms with E-state index in [9.17, 15) is 14.7 Å². The van der Waals surface area contributed by atoms with E-state index in [1.165, 1.54) is 161 Å². The van der Waals surface area contributed by atoms with Gasteiger partial charge in [-0.2, -0.15) is 0 Å². The van der Waals surface area contributed by atoms with Gasteiger partial charge in [0, 0.05) is 12.8 Å². The number of ether oxygens (including phenoxy) is 2. The minimum Gasteiger partial charge on any atom is -0.462 e. The normalized spacial score (nSPS) is 12.4. The number of allylic oxidation sites excluding steroid dienone is 6. The fourth-order valence-electron chi connectivity index (χ4n) is 6.64. The monoisotopic (exact) mass is 745 g/mol. The first-order valence-electron chi connectivity index (χ1n) is 23.0. The third kappa shape index (κ3) is 42.7. The van der Waals surface area contributed by atoms with Crippen LogP contribution in [0, 0.1) is 0 Å². The highest BCUT2D eigenvalue weighted by Gasteiger charge is 2.16. The van der Waals surface area contributed by atoms with Crippen LogP contribution in [0.1, 0.15) is 239 Å². The molecule has 5 heteroatoms. The van der Waals surface area contributed by atoms with Gasteiger partial charge in [-0.15, -0.1) is 0 Å². The maximum absolute atomic E-state index is 12.2. The molecular formula is C48H88O5. The van der Waals surface area contributed by atoms with E-state index >= 15 is 0 Å². The SMILES string of the molecule is CCCCCC/C=C\C/C=C\CCCCCCCC(=O)OC(CO)COC(=O)CCCCCCCCCCCCC/C=C\CCCCCCCCCC. The second-order valence-corrected chi connectivity index (χ2v) is 15.5. The number of aliphatic hydroxyl groups excluding tert-OH is 1. The van der Waals surface area contributed by atoms with Crippen molar-refractivity contribution in [1.82, 2.24) is 0 Å². The number of hydrogen-bond acceptors (Lipinski definition) is 5. The number of unbranched alkanes of at least 4 members (excludes halogenated alkanes) is 28. The number of esters is 2. The lowest BCUT2D eigenvalue weighted by Crippen LogP contribution is -2.28. The summed E-state index contributed by atoms with van der Waals surface area (Å²) in [5, 5.41) is 9.59. The van der Waals surface area contributed by atoms with Gasteiger partial charge in [-0.25, -0.2) is 0 Å². The van der Waals surface area contributed by atoms with Crippen LogP contribution >= 0.6 is 0 Å². The summed E-state index contributed by atoms with van der Waals surface area (Å²) in [6.45, 7) is 4.13. The van der Waals surface area contributed by atoms with Crippen molar-refractivity contribution >= 4 is 11.9 Å². The Hall–Kier alpha value is -1.88. The number of aliphatic hydroxyl groups is 1. The van der Waals surface area contributed by atoms with Gasteiger partial charge in [0.1, 0.15) is 6.61 Å². The number of carbonyl (C=O) groups excluding carboxylic acids is 2. The molecule has 0 spiro atoms. The molecule has 1 atom stereocenters. The van der Waals surface area contributed by atoms with Gasteiger partial charge in [0.05, 0.1) is 6.61 Å². The van der Waals surface area contributed by atoms with Gasteiger partial charge in [0.15, 0.2) is 6.10 Å². The second kappa shape index (κ2) is 44.5. The topological polar surface area (TPSA) is 72.8 Å². The van der Waals surface area contributed by atoms with Crippen molar-refractivity contribution in [3.63, 3.8) is 0 Å². The van der Waals surface area contributed by atoms with E-state index in [-0.39, 0.29) is 25.2 Å². The molecular weight excluding hydrogens is 657 g/mol. The Morgan fingerprint density at radius 1 is 0.434 bits per heavy atom. The van der Waals surface area contributed by atoms with E-state index in [0.717, 1.165) is 51.4 Å². The van der Waals surface area contributed by atoms with Crippen molar-refractivity contribution in [2.75, 3.05) is 13.2 Å². The predicted molar refractivity (Wildman–Crippen MR) is 228 cm³/mol. The van der Waals surface area contributed by atoms with Crippen molar-refractivity contribution in [3.05, 3.63) is 36.5 Å². The van der Waals surface area contributed by atoms with E-state index in [1.807, 2.05) is 0 Å². The van der Waals surface area contributed by atoms with E-state index in [0.29, 0.717) is 12.8 Å². The third-order valence-corrected chi connectivity index (χ3v) is 10.2. The molecule has 0 heterocycles. The van der Waals surface area contributed by atoms with Gasteiger partial charge in [-0.1, -0.05) is 192 Å². The molecule has 0 aromatic rings. The highest BCUT2D eigenvalue weighted by molar-refractivity contribution is 5.70. The lowest BCUT2D eigenvalue weighted by Gasteiger charge is -2.15. The van der Waals surface area contributed by atoms with Crippen LogP contribution in [0.5, 0.6) is 0 Å². The van der Waals surface area contributed by atoms with Crippen molar-refractivity contribution < 1.29 is 24.2 Å². The molecule has 0 aliphatic carbocycles. The largest absolute Gasteiger partial charge is 0.462 e. The lowest BCUT2D eigenvalue weighted by molar-refractivity contribution is -0.161. The van der Waals surface area contributed by atoms with Gasteiger partial charge in [-0.3, -0.25) is 9.59 Å².